The number of ether oxygens (including phenoxy) is 1. The third-order valence-corrected chi connectivity index (χ3v) is 3.26. The van der Waals surface area contributed by atoms with Crippen molar-refractivity contribution in [2.24, 2.45) is 0 Å². The first kappa shape index (κ1) is 16.3. The number of carbonyl (C=O) groups is 1. The van der Waals surface area contributed by atoms with Crippen molar-refractivity contribution in [2.45, 2.75) is 25.1 Å². The van der Waals surface area contributed by atoms with E-state index >= 15 is 0 Å². The average molecular weight is 319 g/mol. The zero-order valence-electron chi connectivity index (χ0n) is 11.5. The van der Waals surface area contributed by atoms with Crippen LogP contribution in [0.4, 0.5) is 17.6 Å². The Balaban J connectivity index is 2.57. The van der Waals surface area contributed by atoms with Gasteiger partial charge in [-0.1, -0.05) is 0 Å². The number of aromatic amines is 1. The number of nitrogens with one attached hydrogen (secondary N) is 1. The maximum absolute atomic E-state index is 13.3. The third kappa shape index (κ3) is 2.78. The molecule has 1 aromatic carbocycles. The van der Waals surface area contributed by atoms with Gasteiger partial charge in [-0.3, -0.25) is 4.79 Å². The minimum atomic E-state index is -5.14. The van der Waals surface area contributed by atoms with Gasteiger partial charge < -0.3 is 14.8 Å². The molecule has 0 amide bonds. The van der Waals surface area contributed by atoms with Crippen molar-refractivity contribution in [1.82, 2.24) is 4.98 Å². The molecule has 1 heterocycles. The molecule has 1 unspecified atom stereocenters. The van der Waals surface area contributed by atoms with Gasteiger partial charge >= 0.3 is 12.1 Å². The first-order valence-corrected chi connectivity index (χ1v) is 6.41. The van der Waals surface area contributed by atoms with E-state index in [1.54, 1.807) is 0 Å². The lowest BCUT2D eigenvalue weighted by Crippen LogP contribution is -2.44. The molecule has 2 aromatic rings. The van der Waals surface area contributed by atoms with Crippen LogP contribution in [0.5, 0.6) is 0 Å². The van der Waals surface area contributed by atoms with Gasteiger partial charge in [-0.2, -0.15) is 13.2 Å². The minimum absolute atomic E-state index is 0.116. The first-order valence-electron chi connectivity index (χ1n) is 6.41. The molecule has 0 fully saturated rings. The van der Waals surface area contributed by atoms with Crippen LogP contribution in [0.1, 0.15) is 18.9 Å². The molecule has 0 bridgehead atoms. The largest absolute Gasteiger partial charge is 0.466 e. The highest BCUT2D eigenvalue weighted by atomic mass is 19.4. The van der Waals surface area contributed by atoms with E-state index in [0.29, 0.717) is 0 Å². The Morgan fingerprint density at radius 1 is 1.36 bits per heavy atom. The van der Waals surface area contributed by atoms with Gasteiger partial charge in [0.15, 0.2) is 5.60 Å². The van der Waals surface area contributed by atoms with Crippen molar-refractivity contribution in [2.75, 3.05) is 6.61 Å². The fourth-order valence-electron chi connectivity index (χ4n) is 2.20. The van der Waals surface area contributed by atoms with Gasteiger partial charge in [0.05, 0.1) is 13.0 Å². The highest BCUT2D eigenvalue weighted by molar-refractivity contribution is 5.85. The molecule has 0 spiro atoms. The SMILES string of the molecule is CCOC(=O)CC(O)(c1c[nH]c2ccc(F)cc12)C(F)(F)F. The van der Waals surface area contributed by atoms with E-state index in [1.807, 2.05) is 0 Å². The van der Waals surface area contributed by atoms with E-state index in [2.05, 4.69) is 9.72 Å². The molecule has 1 aromatic heterocycles. The summed E-state index contributed by atoms with van der Waals surface area (Å²) in [4.78, 5) is 14.0. The Morgan fingerprint density at radius 3 is 2.64 bits per heavy atom. The summed E-state index contributed by atoms with van der Waals surface area (Å²) in [5, 5.41) is 9.98. The molecule has 0 aliphatic heterocycles. The number of halogens is 4. The number of aliphatic hydroxyl groups is 1. The van der Waals surface area contributed by atoms with Gasteiger partial charge in [-0.25, -0.2) is 4.39 Å². The van der Waals surface area contributed by atoms with Crippen molar-refractivity contribution >= 4 is 16.9 Å². The van der Waals surface area contributed by atoms with Crippen LogP contribution in [-0.4, -0.2) is 28.8 Å². The van der Waals surface area contributed by atoms with E-state index in [0.717, 1.165) is 18.3 Å². The molecule has 2 N–H and O–H groups in total. The predicted octanol–water partition coefficient (Wildman–Crippen LogP) is 3.01. The van der Waals surface area contributed by atoms with Crippen LogP contribution >= 0.6 is 0 Å². The van der Waals surface area contributed by atoms with Crippen LogP contribution in [-0.2, 0) is 15.1 Å². The van der Waals surface area contributed by atoms with Crippen molar-refractivity contribution in [1.29, 1.82) is 0 Å². The fourth-order valence-corrected chi connectivity index (χ4v) is 2.20. The molecule has 2 rings (SSSR count). The van der Waals surface area contributed by atoms with Gasteiger partial charge in [0.25, 0.3) is 0 Å². The number of alkyl halides is 3. The molecule has 0 radical (unpaired) electrons. The summed E-state index contributed by atoms with van der Waals surface area (Å²) in [6.07, 6.45) is -5.54. The second-order valence-corrected chi connectivity index (χ2v) is 4.73. The summed E-state index contributed by atoms with van der Waals surface area (Å²) in [6.45, 7) is 1.32. The van der Waals surface area contributed by atoms with Gasteiger partial charge in [-0.05, 0) is 25.1 Å². The Bertz CT molecular complexity index is 695. The number of esters is 1. The van der Waals surface area contributed by atoms with E-state index in [-0.39, 0.29) is 17.5 Å². The number of fused-ring (bicyclic) bond motifs is 1. The van der Waals surface area contributed by atoms with Crippen LogP contribution in [0.2, 0.25) is 0 Å². The summed E-state index contributed by atoms with van der Waals surface area (Å²) < 4.78 is 57.8. The van der Waals surface area contributed by atoms with Crippen LogP contribution in [0.15, 0.2) is 24.4 Å². The Labute approximate surface area is 122 Å². The van der Waals surface area contributed by atoms with Crippen LogP contribution in [0.25, 0.3) is 10.9 Å². The Kier molecular flexibility index (Phi) is 4.15. The number of hydrogen-bond acceptors (Lipinski definition) is 3. The summed E-state index contributed by atoms with van der Waals surface area (Å²) in [6, 6.07) is 3.18. The molecular weight excluding hydrogens is 306 g/mol. The van der Waals surface area contributed by atoms with Crippen molar-refractivity contribution in [3.63, 3.8) is 0 Å². The summed E-state index contributed by atoms with van der Waals surface area (Å²) in [7, 11) is 0. The lowest BCUT2D eigenvalue weighted by Gasteiger charge is -2.29. The number of aromatic nitrogens is 1. The first-order chi connectivity index (χ1) is 10.2. The smallest absolute Gasteiger partial charge is 0.422 e. The van der Waals surface area contributed by atoms with Gasteiger partial charge in [-0.15, -0.1) is 0 Å². The maximum atomic E-state index is 13.3. The molecule has 4 nitrogen and oxygen atoms in total. The van der Waals surface area contributed by atoms with E-state index < -0.39 is 35.5 Å². The second kappa shape index (κ2) is 5.60. The predicted molar refractivity (Wildman–Crippen MR) is 69.5 cm³/mol. The standard InChI is InChI=1S/C14H13F4NO3/c1-2-22-12(20)6-13(21,14(16,17)18)10-7-19-11-4-3-8(15)5-9(10)11/h3-5,7,19,21H,2,6H2,1H3. The Hall–Kier alpha value is -2.09. The zero-order valence-corrected chi connectivity index (χ0v) is 11.5. The lowest BCUT2D eigenvalue weighted by atomic mass is 9.89. The second-order valence-electron chi connectivity index (χ2n) is 4.73. The number of carbonyl (C=O) groups excluding carboxylic acids is 1. The van der Waals surface area contributed by atoms with Crippen LogP contribution in [0, 0.1) is 5.82 Å². The number of hydrogen-bond donors (Lipinski definition) is 2. The molecule has 0 saturated carbocycles. The molecule has 0 saturated heterocycles. The fraction of sp³-hybridized carbons (Fsp3) is 0.357. The zero-order chi connectivity index (χ0) is 16.5. The number of H-pyrrole nitrogens is 1. The molecule has 0 aliphatic carbocycles. The van der Waals surface area contributed by atoms with E-state index in [9.17, 15) is 27.5 Å². The van der Waals surface area contributed by atoms with Gasteiger partial charge in [0.2, 0.25) is 0 Å². The summed E-state index contributed by atoms with van der Waals surface area (Å²) >= 11 is 0. The molecule has 120 valence electrons. The lowest BCUT2D eigenvalue weighted by molar-refractivity contribution is -0.269. The van der Waals surface area contributed by atoms with E-state index in [4.69, 9.17) is 0 Å². The topological polar surface area (TPSA) is 62.3 Å². The highest BCUT2D eigenvalue weighted by Gasteiger charge is 2.57. The average Bonchev–Trinajstić information content (AvgIpc) is 2.80. The molecule has 1 atom stereocenters. The minimum Gasteiger partial charge on any atom is -0.466 e. The van der Waals surface area contributed by atoms with Gasteiger partial charge in [0.1, 0.15) is 5.82 Å². The monoisotopic (exact) mass is 319 g/mol. The number of rotatable bonds is 4. The maximum Gasteiger partial charge on any atom is 0.422 e. The summed E-state index contributed by atoms with van der Waals surface area (Å²) in [5.74, 6) is -1.96. The van der Waals surface area contributed by atoms with Crippen LogP contribution in [0.3, 0.4) is 0 Å². The normalized spacial score (nSPS) is 14.8. The molecule has 0 aliphatic rings. The highest BCUT2D eigenvalue weighted by Crippen LogP contribution is 2.44. The summed E-state index contributed by atoms with van der Waals surface area (Å²) in [5.41, 5.74) is -3.88. The van der Waals surface area contributed by atoms with Crippen molar-refractivity contribution in [3.05, 3.63) is 35.8 Å². The third-order valence-electron chi connectivity index (χ3n) is 3.26. The molecular formula is C14H13F4NO3. The molecule has 22 heavy (non-hydrogen) atoms. The van der Waals surface area contributed by atoms with Crippen molar-refractivity contribution < 1.29 is 32.2 Å². The van der Waals surface area contributed by atoms with Crippen molar-refractivity contribution in [3.8, 4) is 0 Å². The molecule has 8 heteroatoms. The Morgan fingerprint density at radius 2 is 2.05 bits per heavy atom. The number of benzene rings is 1. The van der Waals surface area contributed by atoms with Gasteiger partial charge in [0, 0.05) is 22.7 Å². The quantitative estimate of drug-likeness (QED) is 0.673. The van der Waals surface area contributed by atoms with E-state index in [1.165, 1.54) is 13.0 Å². The van der Waals surface area contributed by atoms with Crippen LogP contribution < -0.4 is 0 Å².